The number of nitrogens with one attached hydrogen (secondary N) is 2. The average molecular weight is 293 g/mol. The molecule has 8 nitrogen and oxygen atoms in total. The molecule has 1 aromatic heterocycles. The molecule has 0 radical (unpaired) electrons. The maximum absolute atomic E-state index is 12.2. The predicted molar refractivity (Wildman–Crippen MR) is 72.4 cm³/mol. The lowest BCUT2D eigenvalue weighted by molar-refractivity contribution is -0.142. The lowest BCUT2D eigenvalue weighted by Crippen LogP contribution is -2.48. The molecule has 2 heterocycles. The van der Waals surface area contributed by atoms with Crippen molar-refractivity contribution in [3.63, 3.8) is 0 Å². The van der Waals surface area contributed by atoms with Gasteiger partial charge in [-0.1, -0.05) is 6.42 Å². The number of aromatic nitrogens is 3. The fourth-order valence-corrected chi connectivity index (χ4v) is 3.57. The van der Waals surface area contributed by atoms with Gasteiger partial charge in [-0.25, -0.2) is 14.6 Å². The molecule has 8 heteroatoms. The number of likely N-dealkylation sites (tertiary alicyclic amines) is 1. The highest BCUT2D eigenvalue weighted by atomic mass is 16.4. The van der Waals surface area contributed by atoms with E-state index >= 15 is 0 Å². The van der Waals surface area contributed by atoms with Gasteiger partial charge in [0.05, 0.1) is 0 Å². The summed E-state index contributed by atoms with van der Waals surface area (Å²) in [5.41, 5.74) is 0. The highest BCUT2D eigenvalue weighted by Gasteiger charge is 2.49. The van der Waals surface area contributed by atoms with Gasteiger partial charge in [-0.05, 0) is 24.7 Å². The van der Waals surface area contributed by atoms with Crippen LogP contribution >= 0.6 is 0 Å². The van der Waals surface area contributed by atoms with E-state index < -0.39 is 12.0 Å². The highest BCUT2D eigenvalue weighted by molar-refractivity contribution is 5.83. The van der Waals surface area contributed by atoms with Crippen LogP contribution in [-0.2, 0) is 11.2 Å². The summed E-state index contributed by atoms with van der Waals surface area (Å²) in [6.07, 6.45) is 4.96. The molecular weight excluding hydrogens is 274 g/mol. The quantitative estimate of drug-likeness (QED) is 0.736. The molecular formula is C13H19N5O3. The lowest BCUT2D eigenvalue weighted by Gasteiger charge is -2.24. The van der Waals surface area contributed by atoms with Crippen LogP contribution in [0.4, 0.5) is 4.79 Å². The lowest BCUT2D eigenvalue weighted by atomic mass is 9.94. The topological polar surface area (TPSA) is 111 Å². The molecule has 1 saturated carbocycles. The summed E-state index contributed by atoms with van der Waals surface area (Å²) >= 11 is 0. The molecule has 0 spiro atoms. The Morgan fingerprint density at radius 3 is 3.05 bits per heavy atom. The van der Waals surface area contributed by atoms with Crippen molar-refractivity contribution < 1.29 is 14.7 Å². The first-order chi connectivity index (χ1) is 10.2. The second-order valence-electron chi connectivity index (χ2n) is 5.70. The summed E-state index contributed by atoms with van der Waals surface area (Å²) in [5.74, 6) is 0.256. The number of amides is 2. The normalized spacial score (nSPS) is 27.6. The number of fused-ring (bicyclic) bond motifs is 1. The van der Waals surface area contributed by atoms with Gasteiger partial charge in [-0.2, -0.15) is 5.10 Å². The number of rotatable bonds is 4. The molecule has 1 saturated heterocycles. The highest BCUT2D eigenvalue weighted by Crippen LogP contribution is 2.42. The van der Waals surface area contributed by atoms with Gasteiger partial charge < -0.3 is 15.3 Å². The van der Waals surface area contributed by atoms with Crippen LogP contribution in [0.5, 0.6) is 0 Å². The Morgan fingerprint density at radius 1 is 1.48 bits per heavy atom. The number of carbonyl (C=O) groups is 2. The minimum absolute atomic E-state index is 0.113. The van der Waals surface area contributed by atoms with E-state index in [1.165, 1.54) is 11.2 Å². The maximum Gasteiger partial charge on any atom is 0.326 e. The molecule has 2 amide bonds. The third-order valence-electron chi connectivity index (χ3n) is 4.51. The molecule has 3 N–H and O–H groups in total. The number of aromatic amines is 1. The summed E-state index contributed by atoms with van der Waals surface area (Å²) in [6, 6.07) is -0.973. The van der Waals surface area contributed by atoms with Gasteiger partial charge in [0.2, 0.25) is 0 Å². The van der Waals surface area contributed by atoms with Crippen molar-refractivity contribution in [3.05, 3.63) is 12.2 Å². The van der Waals surface area contributed by atoms with Gasteiger partial charge in [-0.15, -0.1) is 0 Å². The number of nitrogens with zero attached hydrogens (tertiary/aromatic N) is 3. The van der Waals surface area contributed by atoms with Crippen molar-refractivity contribution in [2.75, 3.05) is 13.1 Å². The molecule has 1 aliphatic carbocycles. The number of carboxylic acid groups (broad SMARTS) is 1. The number of carbonyl (C=O) groups excluding carboxylic acids is 1. The van der Waals surface area contributed by atoms with Gasteiger partial charge >= 0.3 is 12.0 Å². The second kappa shape index (κ2) is 5.71. The van der Waals surface area contributed by atoms with Crippen molar-refractivity contribution in [1.82, 2.24) is 25.4 Å². The first kappa shape index (κ1) is 13.8. The molecule has 3 rings (SSSR count). The van der Waals surface area contributed by atoms with Gasteiger partial charge in [0.15, 0.2) is 0 Å². The molecule has 3 unspecified atom stereocenters. The molecule has 21 heavy (non-hydrogen) atoms. The van der Waals surface area contributed by atoms with Crippen molar-refractivity contribution in [1.29, 1.82) is 0 Å². The van der Waals surface area contributed by atoms with E-state index in [0.29, 0.717) is 31.3 Å². The Bertz CT molecular complexity index is 518. The fraction of sp³-hybridized carbons (Fsp3) is 0.692. The fourth-order valence-electron chi connectivity index (χ4n) is 3.57. The van der Waals surface area contributed by atoms with E-state index in [4.69, 9.17) is 0 Å². The van der Waals surface area contributed by atoms with Crippen molar-refractivity contribution in [3.8, 4) is 0 Å². The zero-order valence-corrected chi connectivity index (χ0v) is 11.7. The van der Waals surface area contributed by atoms with Crippen LogP contribution in [0.25, 0.3) is 0 Å². The minimum atomic E-state index is -0.894. The molecule has 0 aromatic carbocycles. The predicted octanol–water partition coefficient (Wildman–Crippen LogP) is 0.242. The maximum atomic E-state index is 12.2. The standard InChI is InChI=1S/C13H19N5O3/c19-12(20)11-9-3-1-2-8(9)6-18(11)13(21)14-5-4-10-15-7-16-17-10/h7-9,11H,1-6H2,(H,14,21)(H,19,20)(H,15,16,17). The molecule has 2 aliphatic rings. The molecule has 2 fully saturated rings. The second-order valence-corrected chi connectivity index (χ2v) is 5.70. The smallest absolute Gasteiger partial charge is 0.326 e. The minimum Gasteiger partial charge on any atom is -0.480 e. The number of hydrogen-bond donors (Lipinski definition) is 3. The average Bonchev–Trinajstić information content (AvgIpc) is 3.13. The summed E-state index contributed by atoms with van der Waals surface area (Å²) < 4.78 is 0. The number of H-pyrrole nitrogens is 1. The Labute approximate surface area is 121 Å². The number of aliphatic carboxylic acids is 1. The van der Waals surface area contributed by atoms with Crippen molar-refractivity contribution >= 4 is 12.0 Å². The van der Waals surface area contributed by atoms with Gasteiger partial charge in [-0.3, -0.25) is 5.10 Å². The third kappa shape index (κ3) is 2.70. The Kier molecular flexibility index (Phi) is 3.76. The number of carboxylic acids is 1. The van der Waals surface area contributed by atoms with Crippen molar-refractivity contribution in [2.45, 2.75) is 31.7 Å². The summed E-state index contributed by atoms with van der Waals surface area (Å²) in [4.78, 5) is 29.2. The van der Waals surface area contributed by atoms with Crippen LogP contribution in [0.3, 0.4) is 0 Å². The van der Waals surface area contributed by atoms with E-state index in [9.17, 15) is 14.7 Å². The van der Waals surface area contributed by atoms with E-state index in [2.05, 4.69) is 20.5 Å². The van der Waals surface area contributed by atoms with E-state index in [-0.39, 0.29) is 11.9 Å². The summed E-state index contributed by atoms with van der Waals surface area (Å²) in [6.45, 7) is 0.960. The Hall–Kier alpha value is -2.12. The van der Waals surface area contributed by atoms with E-state index in [1.807, 2.05) is 0 Å². The zero-order valence-electron chi connectivity index (χ0n) is 11.7. The van der Waals surface area contributed by atoms with Crippen LogP contribution < -0.4 is 5.32 Å². The van der Waals surface area contributed by atoms with Gasteiger partial charge in [0.1, 0.15) is 18.2 Å². The summed E-state index contributed by atoms with van der Waals surface area (Å²) in [5, 5.41) is 18.6. The van der Waals surface area contributed by atoms with Crippen LogP contribution in [0, 0.1) is 11.8 Å². The largest absolute Gasteiger partial charge is 0.480 e. The molecule has 114 valence electrons. The SMILES string of the molecule is O=C(O)C1C2CCCC2CN1C(=O)NCCc1ncn[nH]1. The number of hydrogen-bond acceptors (Lipinski definition) is 4. The Balaban J connectivity index is 1.57. The van der Waals surface area contributed by atoms with Gasteiger partial charge in [0, 0.05) is 19.5 Å². The van der Waals surface area contributed by atoms with E-state index in [0.717, 1.165) is 19.3 Å². The van der Waals surface area contributed by atoms with Crippen molar-refractivity contribution in [2.24, 2.45) is 11.8 Å². The van der Waals surface area contributed by atoms with E-state index in [1.54, 1.807) is 0 Å². The van der Waals surface area contributed by atoms with Crippen LogP contribution in [0.1, 0.15) is 25.1 Å². The molecule has 3 atom stereocenters. The monoisotopic (exact) mass is 293 g/mol. The first-order valence-corrected chi connectivity index (χ1v) is 7.28. The van der Waals surface area contributed by atoms with Crippen LogP contribution in [0.2, 0.25) is 0 Å². The zero-order chi connectivity index (χ0) is 14.8. The third-order valence-corrected chi connectivity index (χ3v) is 4.51. The van der Waals surface area contributed by atoms with Gasteiger partial charge in [0.25, 0.3) is 0 Å². The first-order valence-electron chi connectivity index (χ1n) is 7.28. The number of urea groups is 1. The molecule has 0 bridgehead atoms. The summed E-state index contributed by atoms with van der Waals surface area (Å²) in [7, 11) is 0. The molecule has 1 aliphatic heterocycles. The Morgan fingerprint density at radius 2 is 2.33 bits per heavy atom. The molecule has 1 aromatic rings. The van der Waals surface area contributed by atoms with Crippen LogP contribution in [-0.4, -0.2) is 56.3 Å². The van der Waals surface area contributed by atoms with Crippen LogP contribution in [0.15, 0.2) is 6.33 Å².